The summed E-state index contributed by atoms with van der Waals surface area (Å²) in [7, 11) is 0. The molecule has 0 bridgehead atoms. The molecular formula is C17H28N6O9S. The van der Waals surface area contributed by atoms with Crippen LogP contribution in [0.2, 0.25) is 0 Å². The van der Waals surface area contributed by atoms with Crippen LogP contribution in [0, 0.1) is 0 Å². The molecule has 0 fully saturated rings. The first-order valence-electron chi connectivity index (χ1n) is 9.57. The van der Waals surface area contributed by atoms with Gasteiger partial charge >= 0.3 is 11.9 Å². The van der Waals surface area contributed by atoms with Crippen molar-refractivity contribution in [2.75, 3.05) is 5.75 Å². The number of carbonyl (C=O) groups excluding carboxylic acids is 5. The molecule has 16 heteroatoms. The minimum absolute atomic E-state index is 0.192. The Morgan fingerprint density at radius 2 is 1.24 bits per heavy atom. The fourth-order valence-corrected chi connectivity index (χ4v) is 2.64. The van der Waals surface area contributed by atoms with Gasteiger partial charge in [0.1, 0.15) is 18.1 Å². The van der Waals surface area contributed by atoms with Gasteiger partial charge in [-0.3, -0.25) is 28.8 Å². The number of aliphatic carboxylic acids is 2. The largest absolute Gasteiger partial charge is 0.481 e. The predicted octanol–water partition coefficient (Wildman–Crippen LogP) is -4.21. The van der Waals surface area contributed by atoms with E-state index < -0.39 is 72.1 Å². The summed E-state index contributed by atoms with van der Waals surface area (Å²) in [6.07, 6.45) is -1.97. The first-order valence-corrected chi connectivity index (χ1v) is 10.2. The molecule has 0 rings (SSSR count). The summed E-state index contributed by atoms with van der Waals surface area (Å²) in [6.45, 7) is 0. The van der Waals surface area contributed by atoms with Gasteiger partial charge in [-0.25, -0.2) is 4.79 Å². The lowest BCUT2D eigenvalue weighted by Crippen LogP contribution is -2.58. The van der Waals surface area contributed by atoms with Gasteiger partial charge in [0.2, 0.25) is 29.5 Å². The van der Waals surface area contributed by atoms with Crippen molar-refractivity contribution in [1.82, 2.24) is 16.0 Å². The molecule has 4 atom stereocenters. The molecular weight excluding hydrogens is 464 g/mol. The molecule has 0 radical (unpaired) electrons. The van der Waals surface area contributed by atoms with Gasteiger partial charge in [-0.2, -0.15) is 12.6 Å². The van der Waals surface area contributed by atoms with E-state index in [2.05, 4.69) is 23.3 Å². The second-order valence-electron chi connectivity index (χ2n) is 6.92. The average molecular weight is 493 g/mol. The van der Waals surface area contributed by atoms with E-state index in [9.17, 15) is 33.6 Å². The van der Waals surface area contributed by atoms with Crippen molar-refractivity contribution in [1.29, 1.82) is 0 Å². The van der Waals surface area contributed by atoms with E-state index in [1.807, 2.05) is 5.32 Å². The van der Waals surface area contributed by atoms with Crippen LogP contribution in [-0.4, -0.2) is 81.6 Å². The molecule has 4 unspecified atom stereocenters. The van der Waals surface area contributed by atoms with E-state index in [-0.39, 0.29) is 31.4 Å². The monoisotopic (exact) mass is 492 g/mol. The van der Waals surface area contributed by atoms with Crippen LogP contribution >= 0.6 is 12.6 Å². The summed E-state index contributed by atoms with van der Waals surface area (Å²) in [4.78, 5) is 81.1. The highest BCUT2D eigenvalue weighted by Gasteiger charge is 2.30. The predicted molar refractivity (Wildman–Crippen MR) is 114 cm³/mol. The minimum atomic E-state index is -1.68. The quantitative estimate of drug-likeness (QED) is 0.0936. The Labute approximate surface area is 193 Å². The standard InChI is InChI=1S/C17H28N6O9S/c18-7(1-4-13(26)27)14(28)23-10(6-33)16(30)21-8(2-3-11(19)24)15(29)22-9(17(31)32)5-12(20)25/h7-10,33H,1-6,18H2,(H2,19,24)(H2,20,25)(H,21,30)(H,22,29)(H,23,28)(H,26,27)(H,31,32). The number of carboxylic acids is 2. The van der Waals surface area contributed by atoms with E-state index in [4.69, 9.17) is 27.4 Å². The Balaban J connectivity index is 5.32. The molecule has 0 aliphatic rings. The SMILES string of the molecule is NC(=O)CCC(NC(=O)C(CS)NC(=O)C(N)CCC(=O)O)C(=O)NC(CC(N)=O)C(=O)O. The molecule has 11 N–H and O–H groups in total. The highest BCUT2D eigenvalue weighted by atomic mass is 32.1. The molecule has 0 aromatic carbocycles. The molecule has 0 spiro atoms. The van der Waals surface area contributed by atoms with Crippen molar-refractivity contribution in [2.24, 2.45) is 17.2 Å². The lowest BCUT2D eigenvalue weighted by molar-refractivity contribution is -0.144. The Hall–Kier alpha value is -3.40. The van der Waals surface area contributed by atoms with Crippen molar-refractivity contribution in [2.45, 2.75) is 56.3 Å². The first-order chi connectivity index (χ1) is 15.3. The second kappa shape index (κ2) is 14.6. The van der Waals surface area contributed by atoms with Gasteiger partial charge in [0, 0.05) is 18.6 Å². The normalized spacial score (nSPS) is 14.1. The topological polar surface area (TPSA) is 274 Å². The number of carboxylic acid groups (broad SMARTS) is 2. The van der Waals surface area contributed by atoms with Crippen LogP contribution in [0.25, 0.3) is 0 Å². The van der Waals surface area contributed by atoms with E-state index in [0.717, 1.165) is 0 Å². The third kappa shape index (κ3) is 12.3. The molecule has 0 heterocycles. The summed E-state index contributed by atoms with van der Waals surface area (Å²) >= 11 is 3.95. The molecule has 186 valence electrons. The maximum Gasteiger partial charge on any atom is 0.326 e. The van der Waals surface area contributed by atoms with Crippen molar-refractivity contribution in [3.8, 4) is 0 Å². The van der Waals surface area contributed by atoms with Crippen LogP contribution in [0.1, 0.15) is 32.1 Å². The Kier molecular flexibility index (Phi) is 13.1. The van der Waals surface area contributed by atoms with Gasteiger partial charge in [-0.15, -0.1) is 0 Å². The van der Waals surface area contributed by atoms with Gasteiger partial charge in [-0.1, -0.05) is 0 Å². The number of nitrogens with one attached hydrogen (secondary N) is 3. The van der Waals surface area contributed by atoms with Crippen LogP contribution < -0.4 is 33.2 Å². The van der Waals surface area contributed by atoms with Gasteiger partial charge < -0.3 is 43.4 Å². The van der Waals surface area contributed by atoms with Crippen LogP contribution in [0.3, 0.4) is 0 Å². The van der Waals surface area contributed by atoms with Gasteiger partial charge in [0.15, 0.2) is 0 Å². The number of amides is 5. The highest BCUT2D eigenvalue weighted by molar-refractivity contribution is 7.80. The zero-order valence-corrected chi connectivity index (χ0v) is 18.4. The molecule has 33 heavy (non-hydrogen) atoms. The fourth-order valence-electron chi connectivity index (χ4n) is 2.38. The van der Waals surface area contributed by atoms with Crippen LogP contribution in [0.15, 0.2) is 0 Å². The molecule has 0 aromatic rings. The maximum atomic E-state index is 12.6. The minimum Gasteiger partial charge on any atom is -0.481 e. The van der Waals surface area contributed by atoms with E-state index in [1.165, 1.54) is 0 Å². The summed E-state index contributed by atoms with van der Waals surface area (Å²) < 4.78 is 0. The van der Waals surface area contributed by atoms with Crippen molar-refractivity contribution in [3.63, 3.8) is 0 Å². The van der Waals surface area contributed by atoms with Gasteiger partial charge in [0.05, 0.1) is 12.5 Å². The zero-order chi connectivity index (χ0) is 25.7. The van der Waals surface area contributed by atoms with Crippen molar-refractivity contribution >= 4 is 54.1 Å². The second-order valence-corrected chi connectivity index (χ2v) is 7.28. The number of nitrogens with two attached hydrogens (primary N) is 3. The number of rotatable bonds is 16. The van der Waals surface area contributed by atoms with E-state index in [0.29, 0.717) is 0 Å². The number of hydrogen-bond acceptors (Lipinski definition) is 9. The van der Waals surface area contributed by atoms with Crippen LogP contribution in [0.4, 0.5) is 0 Å². The molecule has 0 aliphatic carbocycles. The third-order valence-electron chi connectivity index (χ3n) is 4.15. The first kappa shape index (κ1) is 29.6. The van der Waals surface area contributed by atoms with E-state index in [1.54, 1.807) is 0 Å². The van der Waals surface area contributed by atoms with Gasteiger partial charge in [0.25, 0.3) is 0 Å². The Morgan fingerprint density at radius 3 is 1.70 bits per heavy atom. The van der Waals surface area contributed by atoms with Gasteiger partial charge in [-0.05, 0) is 12.8 Å². The summed E-state index contributed by atoms with van der Waals surface area (Å²) in [5.74, 6) is -7.58. The molecule has 5 amide bonds. The smallest absolute Gasteiger partial charge is 0.326 e. The summed E-state index contributed by atoms with van der Waals surface area (Å²) in [6, 6.07) is -5.67. The number of hydrogen-bond donors (Lipinski definition) is 9. The Bertz CT molecular complexity index is 778. The molecule has 0 aromatic heterocycles. The van der Waals surface area contributed by atoms with Crippen LogP contribution in [-0.2, 0) is 33.6 Å². The summed E-state index contributed by atoms with van der Waals surface area (Å²) in [5.41, 5.74) is 15.6. The lowest BCUT2D eigenvalue weighted by Gasteiger charge is -2.24. The summed E-state index contributed by atoms with van der Waals surface area (Å²) in [5, 5.41) is 24.3. The maximum absolute atomic E-state index is 12.6. The number of thiol groups is 1. The number of primary amides is 2. The van der Waals surface area contributed by atoms with Crippen molar-refractivity contribution in [3.05, 3.63) is 0 Å². The van der Waals surface area contributed by atoms with E-state index >= 15 is 0 Å². The van der Waals surface area contributed by atoms with Crippen molar-refractivity contribution < 1.29 is 43.8 Å². The fraction of sp³-hybridized carbons (Fsp3) is 0.588. The van der Waals surface area contributed by atoms with Crippen LogP contribution in [0.5, 0.6) is 0 Å². The molecule has 0 saturated carbocycles. The highest BCUT2D eigenvalue weighted by Crippen LogP contribution is 2.03. The lowest BCUT2D eigenvalue weighted by atomic mass is 10.1. The molecule has 0 saturated heterocycles. The average Bonchev–Trinajstić information content (AvgIpc) is 2.71. The Morgan fingerprint density at radius 1 is 0.727 bits per heavy atom. The molecule has 15 nitrogen and oxygen atoms in total. The number of carbonyl (C=O) groups is 7. The molecule has 0 aliphatic heterocycles. The zero-order valence-electron chi connectivity index (χ0n) is 17.5. The third-order valence-corrected chi connectivity index (χ3v) is 4.52.